The second-order valence-corrected chi connectivity index (χ2v) is 9.29. The molecular formula is C28H23ClN6O3. The zero-order valence-electron chi connectivity index (χ0n) is 20.1. The minimum absolute atomic E-state index is 0.0550. The van der Waals surface area contributed by atoms with E-state index in [0.29, 0.717) is 28.9 Å². The van der Waals surface area contributed by atoms with Crippen molar-refractivity contribution in [1.29, 1.82) is 0 Å². The number of nitrogens with one attached hydrogen (secondary N) is 2. The van der Waals surface area contributed by atoms with Crippen LogP contribution in [0.25, 0.3) is 10.9 Å². The van der Waals surface area contributed by atoms with Gasteiger partial charge in [0.15, 0.2) is 6.04 Å². The van der Waals surface area contributed by atoms with E-state index in [1.807, 2.05) is 30.3 Å². The molecule has 5 rings (SSSR count). The van der Waals surface area contributed by atoms with Crippen LogP contribution in [0.1, 0.15) is 38.8 Å². The second kappa shape index (κ2) is 10.7. The molecule has 38 heavy (non-hydrogen) atoms. The van der Waals surface area contributed by atoms with Gasteiger partial charge in [-0.25, -0.2) is 0 Å². The Labute approximate surface area is 222 Å². The van der Waals surface area contributed by atoms with Crippen LogP contribution in [0.4, 0.5) is 0 Å². The van der Waals surface area contributed by atoms with Crippen molar-refractivity contribution in [2.24, 2.45) is 5.73 Å². The van der Waals surface area contributed by atoms with Crippen LogP contribution in [-0.4, -0.2) is 31.6 Å². The number of rotatable bonds is 8. The lowest BCUT2D eigenvalue weighted by Crippen LogP contribution is -2.38. The smallest absolute Gasteiger partial charge is 0.253 e. The van der Waals surface area contributed by atoms with Crippen molar-refractivity contribution in [2.75, 3.05) is 0 Å². The van der Waals surface area contributed by atoms with Gasteiger partial charge >= 0.3 is 0 Å². The molecule has 3 aromatic heterocycles. The lowest BCUT2D eigenvalue weighted by atomic mass is 10.0. The van der Waals surface area contributed by atoms with Crippen LogP contribution in [0.5, 0.6) is 0 Å². The molecule has 3 heterocycles. The van der Waals surface area contributed by atoms with Gasteiger partial charge in [0.05, 0.1) is 17.6 Å². The fraction of sp³-hybridized carbons (Fsp3) is 0.107. The maximum atomic E-state index is 13.1. The molecule has 1 atom stereocenters. The summed E-state index contributed by atoms with van der Waals surface area (Å²) >= 11 is 6.10. The number of carbonyl (C=O) groups excluding carboxylic acids is 2. The normalized spacial score (nSPS) is 11.8. The topological polar surface area (TPSA) is 136 Å². The van der Waals surface area contributed by atoms with Gasteiger partial charge in [0, 0.05) is 35.1 Å². The van der Waals surface area contributed by atoms with E-state index in [2.05, 4.69) is 20.5 Å². The van der Waals surface area contributed by atoms with Crippen LogP contribution in [-0.2, 0) is 17.8 Å². The number of nitrogens with zero attached hydrogens (tertiary/aromatic N) is 3. The van der Waals surface area contributed by atoms with Crippen molar-refractivity contribution >= 4 is 34.3 Å². The SMILES string of the molecule is NC(=O)C(NC(=O)c1cncc(Cc2ccc(Cn3ccccc3=O)cc2)c1)c1n[nH]c2ccc(Cl)cc12. The van der Waals surface area contributed by atoms with Gasteiger partial charge in [0.25, 0.3) is 11.5 Å². The van der Waals surface area contributed by atoms with Gasteiger partial charge in [-0.15, -0.1) is 0 Å². The van der Waals surface area contributed by atoms with E-state index in [1.54, 1.807) is 47.3 Å². The minimum atomic E-state index is -1.16. The van der Waals surface area contributed by atoms with E-state index in [9.17, 15) is 14.4 Å². The first kappa shape index (κ1) is 24.9. The molecule has 10 heteroatoms. The van der Waals surface area contributed by atoms with Crippen molar-refractivity contribution in [2.45, 2.75) is 19.0 Å². The number of H-pyrrole nitrogens is 1. The number of hydrogen-bond donors (Lipinski definition) is 3. The number of amides is 2. The number of aromatic amines is 1. The van der Waals surface area contributed by atoms with E-state index >= 15 is 0 Å². The molecular weight excluding hydrogens is 504 g/mol. The summed E-state index contributed by atoms with van der Waals surface area (Å²) in [7, 11) is 0. The molecule has 0 aliphatic carbocycles. The molecule has 5 aromatic rings. The highest BCUT2D eigenvalue weighted by Crippen LogP contribution is 2.25. The third kappa shape index (κ3) is 5.47. The van der Waals surface area contributed by atoms with E-state index in [0.717, 1.165) is 16.7 Å². The summed E-state index contributed by atoms with van der Waals surface area (Å²) in [4.78, 5) is 41.5. The van der Waals surface area contributed by atoms with Crippen LogP contribution in [0.15, 0.2) is 90.1 Å². The Morgan fingerprint density at radius 2 is 1.79 bits per heavy atom. The van der Waals surface area contributed by atoms with Gasteiger partial charge in [-0.3, -0.25) is 24.5 Å². The molecule has 1 unspecified atom stereocenters. The van der Waals surface area contributed by atoms with E-state index in [4.69, 9.17) is 17.3 Å². The largest absolute Gasteiger partial charge is 0.368 e. The average Bonchev–Trinajstić information content (AvgIpc) is 3.32. The van der Waals surface area contributed by atoms with Crippen molar-refractivity contribution in [3.8, 4) is 0 Å². The predicted molar refractivity (Wildman–Crippen MR) is 144 cm³/mol. The summed E-state index contributed by atoms with van der Waals surface area (Å²) in [6.07, 6.45) is 5.41. The summed E-state index contributed by atoms with van der Waals surface area (Å²) in [5, 5.41) is 10.7. The number of benzene rings is 2. The number of nitrogens with two attached hydrogens (primary N) is 1. The van der Waals surface area contributed by atoms with Crippen LogP contribution in [0.2, 0.25) is 5.02 Å². The number of fused-ring (bicyclic) bond motifs is 1. The highest BCUT2D eigenvalue weighted by atomic mass is 35.5. The standard InChI is InChI=1S/C28H23ClN6O3/c29-21-8-9-23-22(13-21)25(34-33-23)26(27(30)37)32-28(38)20-12-19(14-31-15-20)11-17-4-6-18(7-5-17)16-35-10-2-1-3-24(35)36/h1-10,12-15,26H,11,16H2,(H2,30,37)(H,32,38)(H,33,34). The van der Waals surface area contributed by atoms with Crippen LogP contribution >= 0.6 is 11.6 Å². The first-order valence-corrected chi connectivity index (χ1v) is 12.2. The molecule has 0 saturated carbocycles. The lowest BCUT2D eigenvalue weighted by Gasteiger charge is -2.14. The number of pyridine rings is 2. The molecule has 9 nitrogen and oxygen atoms in total. The zero-order valence-corrected chi connectivity index (χ0v) is 20.9. The molecule has 190 valence electrons. The van der Waals surface area contributed by atoms with Gasteiger partial charge < -0.3 is 15.6 Å². The minimum Gasteiger partial charge on any atom is -0.368 e. The molecule has 0 aliphatic rings. The van der Waals surface area contributed by atoms with Crippen molar-refractivity contribution in [1.82, 2.24) is 25.1 Å². The molecule has 0 radical (unpaired) electrons. The Hall–Kier alpha value is -4.76. The van der Waals surface area contributed by atoms with Gasteiger partial charge in [0.1, 0.15) is 5.69 Å². The number of halogens is 1. The summed E-state index contributed by atoms with van der Waals surface area (Å²) < 4.78 is 1.64. The summed E-state index contributed by atoms with van der Waals surface area (Å²) in [5.41, 5.74) is 9.62. The maximum absolute atomic E-state index is 13.1. The molecule has 0 saturated heterocycles. The lowest BCUT2D eigenvalue weighted by molar-refractivity contribution is -0.120. The molecule has 0 fully saturated rings. The second-order valence-electron chi connectivity index (χ2n) is 8.85. The van der Waals surface area contributed by atoms with Gasteiger partial charge in [-0.2, -0.15) is 5.10 Å². The van der Waals surface area contributed by atoms with E-state index in [-0.39, 0.29) is 16.8 Å². The molecule has 2 amide bonds. The van der Waals surface area contributed by atoms with E-state index in [1.165, 1.54) is 12.3 Å². The molecule has 0 aliphatic heterocycles. The van der Waals surface area contributed by atoms with Crippen LogP contribution < -0.4 is 16.6 Å². The van der Waals surface area contributed by atoms with Gasteiger partial charge in [-0.05, 0) is 53.4 Å². The summed E-state index contributed by atoms with van der Waals surface area (Å²) in [6.45, 7) is 0.482. The molecule has 2 aromatic carbocycles. The quantitative estimate of drug-likeness (QED) is 0.285. The van der Waals surface area contributed by atoms with Crippen LogP contribution in [0.3, 0.4) is 0 Å². The van der Waals surface area contributed by atoms with Crippen molar-refractivity contribution in [3.63, 3.8) is 0 Å². The van der Waals surface area contributed by atoms with Crippen LogP contribution in [0, 0.1) is 0 Å². The van der Waals surface area contributed by atoms with Gasteiger partial charge in [-0.1, -0.05) is 41.9 Å². The highest BCUT2D eigenvalue weighted by molar-refractivity contribution is 6.31. The fourth-order valence-corrected chi connectivity index (χ4v) is 4.38. The number of hydrogen-bond acceptors (Lipinski definition) is 5. The third-order valence-corrected chi connectivity index (χ3v) is 6.36. The van der Waals surface area contributed by atoms with E-state index < -0.39 is 17.9 Å². The van der Waals surface area contributed by atoms with Crippen molar-refractivity contribution in [3.05, 3.63) is 129 Å². The highest BCUT2D eigenvalue weighted by Gasteiger charge is 2.26. The summed E-state index contributed by atoms with van der Waals surface area (Å²) in [6, 6.07) is 18.6. The van der Waals surface area contributed by atoms with Gasteiger partial charge in [0.2, 0.25) is 5.91 Å². The fourth-order valence-electron chi connectivity index (χ4n) is 4.21. The Morgan fingerprint density at radius 3 is 2.55 bits per heavy atom. The Morgan fingerprint density at radius 1 is 1.00 bits per heavy atom. The molecule has 0 spiro atoms. The molecule has 4 N–H and O–H groups in total. The Bertz CT molecular complexity index is 1690. The number of primary amides is 1. The maximum Gasteiger partial charge on any atom is 0.253 e. The monoisotopic (exact) mass is 526 g/mol. The zero-order chi connectivity index (χ0) is 26.6. The first-order valence-electron chi connectivity index (χ1n) is 11.8. The van der Waals surface area contributed by atoms with Crippen molar-refractivity contribution < 1.29 is 9.59 Å². The molecule has 0 bridgehead atoms. The predicted octanol–water partition coefficient (Wildman–Crippen LogP) is 3.37. The number of carbonyl (C=O) groups is 2. The Kier molecular flexibility index (Phi) is 7.01. The summed E-state index contributed by atoms with van der Waals surface area (Å²) in [5.74, 6) is -1.27. The average molecular weight is 527 g/mol. The first-order chi connectivity index (χ1) is 18.4. The third-order valence-electron chi connectivity index (χ3n) is 6.13. The Balaban J connectivity index is 1.30. The number of aromatic nitrogens is 4.